The van der Waals surface area contributed by atoms with Crippen molar-refractivity contribution in [3.05, 3.63) is 6.92 Å². The molecule has 2 nitrogen and oxygen atoms in total. The minimum Gasteiger partial charge on any atom is -0.314 e. The number of hydrogen-bond acceptors (Lipinski definition) is 2. The van der Waals surface area contributed by atoms with E-state index in [2.05, 4.69) is 24.1 Å². The molecular formula is C8H17N2. The second kappa shape index (κ2) is 3.94. The van der Waals surface area contributed by atoms with Crippen LogP contribution in [0.5, 0.6) is 0 Å². The Kier molecular flexibility index (Phi) is 3.16. The second-order valence-corrected chi connectivity index (χ2v) is 2.78. The molecule has 1 atom stereocenters. The van der Waals surface area contributed by atoms with E-state index >= 15 is 0 Å². The van der Waals surface area contributed by atoms with Crippen LogP contribution in [0.15, 0.2) is 0 Å². The molecule has 10 heavy (non-hydrogen) atoms. The van der Waals surface area contributed by atoms with Crippen LogP contribution in [0.4, 0.5) is 0 Å². The highest BCUT2D eigenvalue weighted by atomic mass is 15.2. The predicted octanol–water partition coefficient (Wildman–Crippen LogP) is 0.504. The van der Waals surface area contributed by atoms with E-state index in [9.17, 15) is 0 Å². The largest absolute Gasteiger partial charge is 0.314 e. The third-order valence-electron chi connectivity index (χ3n) is 2.21. The first-order valence-electron chi connectivity index (χ1n) is 4.12. The summed E-state index contributed by atoms with van der Waals surface area (Å²) in [6.07, 6.45) is 1.03. The van der Waals surface area contributed by atoms with Crippen molar-refractivity contribution < 1.29 is 0 Å². The Hall–Kier alpha value is -0.0800. The van der Waals surface area contributed by atoms with Gasteiger partial charge in [-0.15, -0.1) is 0 Å². The van der Waals surface area contributed by atoms with E-state index in [1.165, 1.54) is 13.1 Å². The van der Waals surface area contributed by atoms with Crippen molar-refractivity contribution in [2.75, 3.05) is 26.2 Å². The van der Waals surface area contributed by atoms with E-state index in [1.807, 2.05) is 0 Å². The molecule has 1 rings (SSSR count). The van der Waals surface area contributed by atoms with E-state index in [1.54, 1.807) is 0 Å². The van der Waals surface area contributed by atoms with Crippen LogP contribution in [0.2, 0.25) is 0 Å². The van der Waals surface area contributed by atoms with Crippen LogP contribution in [0.25, 0.3) is 0 Å². The highest BCUT2D eigenvalue weighted by Gasteiger charge is 2.17. The van der Waals surface area contributed by atoms with Gasteiger partial charge in [0.2, 0.25) is 0 Å². The third kappa shape index (κ3) is 1.70. The molecule has 1 heterocycles. The van der Waals surface area contributed by atoms with Gasteiger partial charge in [0, 0.05) is 25.7 Å². The molecule has 0 amide bonds. The predicted molar refractivity (Wildman–Crippen MR) is 43.9 cm³/mol. The third-order valence-corrected chi connectivity index (χ3v) is 2.21. The van der Waals surface area contributed by atoms with Crippen molar-refractivity contribution in [1.29, 1.82) is 0 Å². The maximum atomic E-state index is 3.93. The number of nitrogens with zero attached hydrogens (tertiary/aromatic N) is 1. The standard InChI is InChI=1S/C8H17N2/c1-3-8-7-9-5-6-10(8)4-2/h8-9H,1,3-7H2,2H3. The van der Waals surface area contributed by atoms with Crippen LogP contribution < -0.4 is 5.32 Å². The zero-order valence-corrected chi connectivity index (χ0v) is 6.77. The number of nitrogens with one attached hydrogen (secondary N) is 1. The van der Waals surface area contributed by atoms with Gasteiger partial charge >= 0.3 is 0 Å². The highest BCUT2D eigenvalue weighted by Crippen LogP contribution is 2.04. The van der Waals surface area contributed by atoms with E-state index < -0.39 is 0 Å². The molecule has 1 aliphatic heterocycles. The van der Waals surface area contributed by atoms with Gasteiger partial charge in [-0.2, -0.15) is 0 Å². The summed E-state index contributed by atoms with van der Waals surface area (Å²) in [5.41, 5.74) is 0. The highest BCUT2D eigenvalue weighted by molar-refractivity contribution is 4.79. The average Bonchev–Trinajstić information content (AvgIpc) is 2.04. The molecule has 1 saturated heterocycles. The zero-order valence-electron chi connectivity index (χ0n) is 6.77. The molecular weight excluding hydrogens is 124 g/mol. The van der Waals surface area contributed by atoms with Crippen molar-refractivity contribution >= 4 is 0 Å². The zero-order chi connectivity index (χ0) is 7.40. The lowest BCUT2D eigenvalue weighted by atomic mass is 10.1. The molecule has 1 radical (unpaired) electrons. The Labute approximate surface area is 63.6 Å². The smallest absolute Gasteiger partial charge is 0.0221 e. The first-order valence-corrected chi connectivity index (χ1v) is 4.12. The van der Waals surface area contributed by atoms with E-state index in [0.717, 1.165) is 19.5 Å². The van der Waals surface area contributed by atoms with E-state index in [4.69, 9.17) is 0 Å². The Morgan fingerprint density at radius 3 is 3.00 bits per heavy atom. The Balaban J connectivity index is 2.34. The van der Waals surface area contributed by atoms with Crippen molar-refractivity contribution in [1.82, 2.24) is 10.2 Å². The van der Waals surface area contributed by atoms with Gasteiger partial charge in [-0.05, 0) is 13.0 Å². The van der Waals surface area contributed by atoms with Crippen LogP contribution >= 0.6 is 0 Å². The lowest BCUT2D eigenvalue weighted by molar-refractivity contribution is 0.170. The van der Waals surface area contributed by atoms with Crippen molar-refractivity contribution in [2.45, 2.75) is 19.4 Å². The summed E-state index contributed by atoms with van der Waals surface area (Å²) >= 11 is 0. The van der Waals surface area contributed by atoms with Gasteiger partial charge in [0.05, 0.1) is 0 Å². The molecule has 0 aromatic carbocycles. The lowest BCUT2D eigenvalue weighted by Crippen LogP contribution is -2.50. The maximum absolute atomic E-state index is 3.93. The molecule has 1 fully saturated rings. The van der Waals surface area contributed by atoms with Crippen molar-refractivity contribution in [2.24, 2.45) is 0 Å². The molecule has 1 unspecified atom stereocenters. The summed E-state index contributed by atoms with van der Waals surface area (Å²) in [7, 11) is 0. The fourth-order valence-electron chi connectivity index (χ4n) is 1.50. The second-order valence-electron chi connectivity index (χ2n) is 2.78. The van der Waals surface area contributed by atoms with Gasteiger partial charge in [0.25, 0.3) is 0 Å². The first-order chi connectivity index (χ1) is 4.88. The van der Waals surface area contributed by atoms with Crippen LogP contribution in [0.3, 0.4) is 0 Å². The minimum atomic E-state index is 0.679. The van der Waals surface area contributed by atoms with Crippen LogP contribution in [0, 0.1) is 6.92 Å². The number of likely N-dealkylation sites (N-methyl/N-ethyl adjacent to an activating group) is 1. The summed E-state index contributed by atoms with van der Waals surface area (Å²) < 4.78 is 0. The topological polar surface area (TPSA) is 15.3 Å². The molecule has 0 saturated carbocycles. The molecule has 0 aliphatic carbocycles. The van der Waals surface area contributed by atoms with Gasteiger partial charge in [-0.3, -0.25) is 4.90 Å². The molecule has 59 valence electrons. The molecule has 0 bridgehead atoms. The van der Waals surface area contributed by atoms with Gasteiger partial charge in [-0.1, -0.05) is 13.8 Å². The molecule has 1 aliphatic rings. The summed E-state index contributed by atoms with van der Waals surface area (Å²) in [5, 5.41) is 3.37. The van der Waals surface area contributed by atoms with Gasteiger partial charge < -0.3 is 5.32 Å². The summed E-state index contributed by atoms with van der Waals surface area (Å²) in [4.78, 5) is 2.49. The number of piperazine rings is 1. The van der Waals surface area contributed by atoms with E-state index in [-0.39, 0.29) is 0 Å². The summed E-state index contributed by atoms with van der Waals surface area (Å²) in [5.74, 6) is 0. The van der Waals surface area contributed by atoms with Crippen LogP contribution in [0.1, 0.15) is 13.3 Å². The van der Waals surface area contributed by atoms with Crippen LogP contribution in [-0.2, 0) is 0 Å². The van der Waals surface area contributed by atoms with Crippen LogP contribution in [-0.4, -0.2) is 37.1 Å². The van der Waals surface area contributed by atoms with Gasteiger partial charge in [0.1, 0.15) is 0 Å². The maximum Gasteiger partial charge on any atom is 0.0221 e. The molecule has 0 aromatic rings. The molecule has 0 spiro atoms. The Bertz CT molecular complexity index is 81.3. The summed E-state index contributed by atoms with van der Waals surface area (Å²) in [6, 6.07) is 0.679. The molecule has 1 N–H and O–H groups in total. The quantitative estimate of drug-likeness (QED) is 0.602. The van der Waals surface area contributed by atoms with Gasteiger partial charge in [-0.25, -0.2) is 0 Å². The SMILES string of the molecule is [CH2]CC1CNCCN1CC. The van der Waals surface area contributed by atoms with E-state index in [0.29, 0.717) is 6.04 Å². The number of rotatable bonds is 2. The fourth-order valence-corrected chi connectivity index (χ4v) is 1.50. The normalized spacial score (nSPS) is 28.8. The van der Waals surface area contributed by atoms with Gasteiger partial charge in [0.15, 0.2) is 0 Å². The fraction of sp³-hybridized carbons (Fsp3) is 0.875. The first kappa shape index (κ1) is 8.02. The Morgan fingerprint density at radius 2 is 2.50 bits per heavy atom. The number of hydrogen-bond donors (Lipinski definition) is 1. The summed E-state index contributed by atoms with van der Waals surface area (Å²) in [6.45, 7) is 10.8. The molecule has 0 aromatic heterocycles. The molecule has 2 heteroatoms. The van der Waals surface area contributed by atoms with Crippen molar-refractivity contribution in [3.8, 4) is 0 Å². The monoisotopic (exact) mass is 141 g/mol. The Morgan fingerprint density at radius 1 is 1.70 bits per heavy atom. The minimum absolute atomic E-state index is 0.679. The lowest BCUT2D eigenvalue weighted by Gasteiger charge is -2.34. The average molecular weight is 141 g/mol. The van der Waals surface area contributed by atoms with Crippen molar-refractivity contribution in [3.63, 3.8) is 0 Å².